The van der Waals surface area contributed by atoms with E-state index in [1.807, 2.05) is 23.9 Å². The molecule has 0 bridgehead atoms. The maximum Gasteiger partial charge on any atom is 0.0732 e. The Morgan fingerprint density at radius 2 is 1.90 bits per heavy atom. The second-order valence-electron chi connectivity index (χ2n) is 7.70. The van der Waals surface area contributed by atoms with Crippen LogP contribution in [0.15, 0.2) is 70.5 Å². The summed E-state index contributed by atoms with van der Waals surface area (Å²) in [5.74, 6) is 0. The summed E-state index contributed by atoms with van der Waals surface area (Å²) in [5, 5.41) is 5.85. The van der Waals surface area contributed by atoms with Crippen molar-refractivity contribution < 1.29 is 0 Å². The summed E-state index contributed by atoms with van der Waals surface area (Å²) in [6, 6.07) is 21.8. The van der Waals surface area contributed by atoms with Crippen molar-refractivity contribution in [3.8, 4) is 0 Å². The number of benzene rings is 3. The zero-order valence-electron chi connectivity index (χ0n) is 16.0. The fourth-order valence-electron chi connectivity index (χ4n) is 4.62. The first-order valence-corrected chi connectivity index (χ1v) is 11.1. The molecule has 0 saturated heterocycles. The Bertz CT molecular complexity index is 1260. The summed E-state index contributed by atoms with van der Waals surface area (Å²) in [4.78, 5) is 8.44. The third-order valence-electron chi connectivity index (χ3n) is 6.04. The fourth-order valence-corrected chi connectivity index (χ4v) is 5.97. The topological polar surface area (TPSA) is 31.1 Å². The van der Waals surface area contributed by atoms with E-state index in [4.69, 9.17) is 11.6 Å². The predicted molar refractivity (Wildman–Crippen MR) is 122 cm³/mol. The van der Waals surface area contributed by atoms with Gasteiger partial charge in [-0.3, -0.25) is 0 Å². The van der Waals surface area contributed by atoms with Gasteiger partial charge in [0.1, 0.15) is 0 Å². The molecule has 29 heavy (non-hydrogen) atoms. The summed E-state index contributed by atoms with van der Waals surface area (Å²) >= 11 is 8.05. The summed E-state index contributed by atoms with van der Waals surface area (Å²) in [7, 11) is 2.11. The second-order valence-corrected chi connectivity index (χ2v) is 9.22. The minimum absolute atomic E-state index is 0.189. The van der Waals surface area contributed by atoms with Gasteiger partial charge in [-0.05, 0) is 53.9 Å². The first-order valence-electron chi connectivity index (χ1n) is 9.87. The molecule has 0 fully saturated rings. The van der Waals surface area contributed by atoms with E-state index >= 15 is 0 Å². The van der Waals surface area contributed by atoms with Crippen molar-refractivity contribution in [3.63, 3.8) is 0 Å². The Kier molecular flexibility index (Phi) is 3.95. The van der Waals surface area contributed by atoms with Crippen molar-refractivity contribution in [2.24, 2.45) is 0 Å². The maximum atomic E-state index is 6.23. The van der Waals surface area contributed by atoms with Crippen LogP contribution in [0.4, 0.5) is 11.4 Å². The van der Waals surface area contributed by atoms with Crippen LogP contribution in [-0.2, 0) is 6.42 Å². The molecule has 3 aromatic carbocycles. The van der Waals surface area contributed by atoms with Crippen LogP contribution in [0.5, 0.6) is 0 Å². The van der Waals surface area contributed by atoms with Crippen LogP contribution in [0, 0.1) is 0 Å². The predicted octanol–water partition coefficient (Wildman–Crippen LogP) is 6.29. The zero-order chi connectivity index (χ0) is 19.5. The number of nitrogens with zero attached hydrogens (tertiary/aromatic N) is 1. The molecule has 4 aromatic rings. The van der Waals surface area contributed by atoms with Crippen molar-refractivity contribution in [2.75, 3.05) is 18.5 Å². The van der Waals surface area contributed by atoms with Crippen molar-refractivity contribution in [1.29, 1.82) is 0 Å². The van der Waals surface area contributed by atoms with Crippen molar-refractivity contribution in [3.05, 3.63) is 82.5 Å². The fraction of sp³-hybridized carbons (Fsp3) is 0.167. The number of aromatic amines is 1. The molecular weight excluding hydrogens is 398 g/mol. The number of nitrogens with one attached hydrogen (secondary N) is 2. The third-order valence-corrected chi connectivity index (χ3v) is 7.39. The lowest BCUT2D eigenvalue weighted by Gasteiger charge is -2.31. The number of rotatable bonds is 1. The lowest BCUT2D eigenvalue weighted by atomic mass is 9.94. The molecule has 0 spiro atoms. The van der Waals surface area contributed by atoms with Crippen LogP contribution >= 0.6 is 23.4 Å². The van der Waals surface area contributed by atoms with Gasteiger partial charge in [-0.15, -0.1) is 0 Å². The number of anilines is 2. The molecule has 5 heteroatoms. The quantitative estimate of drug-likeness (QED) is 0.381. The summed E-state index contributed by atoms with van der Waals surface area (Å²) in [6.07, 6.45) is 1.06. The number of halogens is 1. The minimum atomic E-state index is 0.189. The van der Waals surface area contributed by atoms with Crippen molar-refractivity contribution >= 4 is 45.6 Å². The van der Waals surface area contributed by atoms with Gasteiger partial charge in [-0.2, -0.15) is 0 Å². The summed E-state index contributed by atoms with van der Waals surface area (Å²) < 4.78 is 0. The SMILES string of the molecule is CN1c2ccc(C3NCCc4c3[nH]c3ccccc43)cc2Sc2ccc(Cl)cc21. The normalized spacial score (nSPS) is 17.7. The van der Waals surface area contributed by atoms with Gasteiger partial charge in [0.05, 0.1) is 17.4 Å². The second kappa shape index (κ2) is 6.56. The number of hydrogen-bond donors (Lipinski definition) is 2. The highest BCUT2D eigenvalue weighted by Gasteiger charge is 2.27. The van der Waals surface area contributed by atoms with Gasteiger partial charge in [-0.1, -0.05) is 47.6 Å². The Labute approximate surface area is 179 Å². The lowest BCUT2D eigenvalue weighted by Crippen LogP contribution is -2.30. The van der Waals surface area contributed by atoms with Gasteiger partial charge in [0.2, 0.25) is 0 Å². The highest BCUT2D eigenvalue weighted by Crippen LogP contribution is 2.49. The van der Waals surface area contributed by atoms with Crippen LogP contribution in [0.1, 0.15) is 22.9 Å². The monoisotopic (exact) mass is 417 g/mol. The van der Waals surface area contributed by atoms with Gasteiger partial charge in [0.25, 0.3) is 0 Å². The standard InChI is InChI=1S/C24H20ClN3S/c1-28-19-8-6-14(12-22(19)29-21-9-7-15(25)13-20(21)28)23-24-17(10-11-26-23)16-4-2-3-5-18(16)27-24/h2-9,12-13,23,26-27H,10-11H2,1H3. The number of para-hydroxylation sites is 1. The molecule has 2 N–H and O–H groups in total. The number of aromatic nitrogens is 1. The molecule has 2 aliphatic rings. The summed E-state index contributed by atoms with van der Waals surface area (Å²) in [5.41, 5.74) is 7.67. The molecule has 144 valence electrons. The molecule has 1 unspecified atom stereocenters. The largest absolute Gasteiger partial charge is 0.357 e. The van der Waals surface area contributed by atoms with Crippen molar-refractivity contribution in [2.45, 2.75) is 22.3 Å². The highest BCUT2D eigenvalue weighted by atomic mass is 35.5. The third kappa shape index (κ3) is 2.71. The highest BCUT2D eigenvalue weighted by molar-refractivity contribution is 7.99. The molecular formula is C24H20ClN3S. The average Bonchev–Trinajstić information content (AvgIpc) is 3.13. The smallest absolute Gasteiger partial charge is 0.0732 e. The molecule has 3 heterocycles. The van der Waals surface area contributed by atoms with Gasteiger partial charge >= 0.3 is 0 Å². The van der Waals surface area contributed by atoms with Crippen molar-refractivity contribution in [1.82, 2.24) is 10.3 Å². The van der Waals surface area contributed by atoms with Gasteiger partial charge in [0, 0.05) is 45.0 Å². The molecule has 0 amide bonds. The molecule has 6 rings (SSSR count). The first kappa shape index (κ1) is 17.5. The van der Waals surface area contributed by atoms with Crippen LogP contribution in [0.3, 0.4) is 0 Å². The van der Waals surface area contributed by atoms with E-state index < -0.39 is 0 Å². The average molecular weight is 418 g/mol. The number of hydrogen-bond acceptors (Lipinski definition) is 3. The summed E-state index contributed by atoms with van der Waals surface area (Å²) in [6.45, 7) is 0.991. The Hall–Kier alpha value is -2.40. The van der Waals surface area contributed by atoms with Crippen LogP contribution < -0.4 is 10.2 Å². The Morgan fingerprint density at radius 1 is 1.00 bits per heavy atom. The van der Waals surface area contributed by atoms with Crippen LogP contribution in [-0.4, -0.2) is 18.6 Å². The molecule has 1 aromatic heterocycles. The van der Waals surface area contributed by atoms with Crippen LogP contribution in [0.25, 0.3) is 10.9 Å². The molecule has 2 aliphatic heterocycles. The Morgan fingerprint density at radius 3 is 2.83 bits per heavy atom. The molecule has 0 radical (unpaired) electrons. The van der Waals surface area contributed by atoms with Crippen LogP contribution in [0.2, 0.25) is 5.02 Å². The molecule has 1 atom stereocenters. The van der Waals surface area contributed by atoms with E-state index in [1.54, 1.807) is 0 Å². The van der Waals surface area contributed by atoms with E-state index in [2.05, 4.69) is 70.8 Å². The molecule has 3 nitrogen and oxygen atoms in total. The number of fused-ring (bicyclic) bond motifs is 5. The number of H-pyrrole nitrogens is 1. The van der Waals surface area contributed by atoms with E-state index in [-0.39, 0.29) is 6.04 Å². The molecule has 0 aliphatic carbocycles. The Balaban J connectivity index is 1.44. The lowest BCUT2D eigenvalue weighted by molar-refractivity contribution is 0.559. The molecule has 0 saturated carbocycles. The van der Waals surface area contributed by atoms with Gasteiger partial charge in [-0.25, -0.2) is 0 Å². The van der Waals surface area contributed by atoms with Gasteiger partial charge < -0.3 is 15.2 Å². The first-order chi connectivity index (χ1) is 14.2. The van der Waals surface area contributed by atoms with E-state index in [0.29, 0.717) is 0 Å². The van der Waals surface area contributed by atoms with E-state index in [0.717, 1.165) is 23.7 Å². The zero-order valence-corrected chi connectivity index (χ0v) is 17.6. The van der Waals surface area contributed by atoms with Gasteiger partial charge in [0.15, 0.2) is 0 Å². The minimum Gasteiger partial charge on any atom is -0.357 e. The van der Waals surface area contributed by atoms with E-state index in [9.17, 15) is 0 Å². The maximum absolute atomic E-state index is 6.23. The van der Waals surface area contributed by atoms with E-state index in [1.165, 1.54) is 43.2 Å².